The maximum absolute atomic E-state index is 10.8. The highest BCUT2D eigenvalue weighted by molar-refractivity contribution is 5.73. The zero-order valence-corrected chi connectivity index (χ0v) is 11.9. The van der Waals surface area contributed by atoms with Crippen molar-refractivity contribution in [3.05, 3.63) is 71.3 Å². The molecule has 0 aromatic heterocycles. The van der Waals surface area contributed by atoms with Gasteiger partial charge in [0.2, 0.25) is 0 Å². The molecule has 2 aromatic rings. The van der Waals surface area contributed by atoms with Gasteiger partial charge in [-0.25, -0.2) is 0 Å². The van der Waals surface area contributed by atoms with Crippen molar-refractivity contribution >= 4 is 5.97 Å². The van der Waals surface area contributed by atoms with Crippen molar-refractivity contribution in [1.82, 2.24) is 0 Å². The van der Waals surface area contributed by atoms with Crippen molar-refractivity contribution < 1.29 is 14.6 Å². The first-order chi connectivity index (χ1) is 10.1. The van der Waals surface area contributed by atoms with Gasteiger partial charge >= 0.3 is 5.97 Å². The van der Waals surface area contributed by atoms with Crippen LogP contribution in [0.1, 0.15) is 22.8 Å². The maximum atomic E-state index is 10.8. The summed E-state index contributed by atoms with van der Waals surface area (Å²) in [4.78, 5) is 10.8. The van der Waals surface area contributed by atoms with Crippen molar-refractivity contribution in [2.45, 2.75) is 19.1 Å². The fraction of sp³-hybridized carbons (Fsp3) is 0.235. The smallest absolute Gasteiger partial charge is 0.322 e. The van der Waals surface area contributed by atoms with Crippen molar-refractivity contribution in [3.8, 4) is 0 Å². The summed E-state index contributed by atoms with van der Waals surface area (Å²) in [5, 5.41) is 8.89. The molecule has 0 unspecified atom stereocenters. The van der Waals surface area contributed by atoms with Crippen LogP contribution in [-0.2, 0) is 9.53 Å². The van der Waals surface area contributed by atoms with E-state index in [1.807, 2.05) is 61.5 Å². The van der Waals surface area contributed by atoms with E-state index in [0.717, 1.165) is 16.7 Å². The third-order valence-corrected chi connectivity index (χ3v) is 3.33. The molecule has 21 heavy (non-hydrogen) atoms. The van der Waals surface area contributed by atoms with Gasteiger partial charge < -0.3 is 15.6 Å². The Bertz CT molecular complexity index is 598. The minimum atomic E-state index is -1.06. The van der Waals surface area contributed by atoms with E-state index in [1.165, 1.54) is 0 Å². The second kappa shape index (κ2) is 7.02. The van der Waals surface area contributed by atoms with E-state index in [1.54, 1.807) is 0 Å². The zero-order chi connectivity index (χ0) is 15.2. The molecule has 0 amide bonds. The average Bonchev–Trinajstić information content (AvgIpc) is 2.50. The first-order valence-electron chi connectivity index (χ1n) is 6.80. The van der Waals surface area contributed by atoms with E-state index in [0.29, 0.717) is 0 Å². The molecule has 2 aromatic carbocycles. The number of hydrogen-bond donors (Lipinski definition) is 2. The van der Waals surface area contributed by atoms with Gasteiger partial charge in [-0.3, -0.25) is 4.79 Å². The number of rotatable bonds is 6. The van der Waals surface area contributed by atoms with E-state index < -0.39 is 12.0 Å². The lowest BCUT2D eigenvalue weighted by molar-refractivity contribution is -0.140. The standard InChI is InChI=1S/C17H19NO3/c1-12-7-5-6-10-14(12)16(13-8-3-2-4-9-13)21-11-15(18)17(19)20/h2-10,15-16H,11,18H2,1H3,(H,19,20)/t15-,16+/m0/s1. The highest BCUT2D eigenvalue weighted by atomic mass is 16.5. The Labute approximate surface area is 124 Å². The quantitative estimate of drug-likeness (QED) is 0.855. The van der Waals surface area contributed by atoms with Gasteiger partial charge in [-0.2, -0.15) is 0 Å². The number of hydrogen-bond acceptors (Lipinski definition) is 3. The molecular formula is C17H19NO3. The lowest BCUT2D eigenvalue weighted by Gasteiger charge is -2.21. The lowest BCUT2D eigenvalue weighted by Crippen LogP contribution is -2.35. The molecule has 3 N–H and O–H groups in total. The van der Waals surface area contributed by atoms with E-state index in [2.05, 4.69) is 0 Å². The topological polar surface area (TPSA) is 72.5 Å². The Kier molecular flexibility index (Phi) is 5.09. The van der Waals surface area contributed by atoms with Crippen LogP contribution in [0.5, 0.6) is 0 Å². The Morgan fingerprint density at radius 2 is 1.76 bits per heavy atom. The van der Waals surface area contributed by atoms with Crippen LogP contribution in [0, 0.1) is 6.92 Å². The number of aliphatic carboxylic acids is 1. The average molecular weight is 285 g/mol. The largest absolute Gasteiger partial charge is 0.480 e. The number of carboxylic acids is 1. The summed E-state index contributed by atoms with van der Waals surface area (Å²) in [6, 6.07) is 16.6. The third kappa shape index (κ3) is 3.90. The Hall–Kier alpha value is -2.17. The van der Waals surface area contributed by atoms with Crippen LogP contribution in [0.2, 0.25) is 0 Å². The van der Waals surface area contributed by atoms with E-state index in [-0.39, 0.29) is 12.7 Å². The minimum absolute atomic E-state index is 0.0385. The fourth-order valence-electron chi connectivity index (χ4n) is 2.15. The monoisotopic (exact) mass is 285 g/mol. The molecule has 0 bridgehead atoms. The van der Waals surface area contributed by atoms with Crippen LogP contribution in [0.3, 0.4) is 0 Å². The van der Waals surface area contributed by atoms with Crippen LogP contribution in [-0.4, -0.2) is 23.7 Å². The number of nitrogens with two attached hydrogens (primary N) is 1. The fourth-order valence-corrected chi connectivity index (χ4v) is 2.15. The van der Waals surface area contributed by atoms with Crippen molar-refractivity contribution in [2.75, 3.05) is 6.61 Å². The molecule has 0 aliphatic rings. The predicted molar refractivity (Wildman–Crippen MR) is 81.0 cm³/mol. The van der Waals surface area contributed by atoms with Gasteiger partial charge in [-0.05, 0) is 23.6 Å². The summed E-state index contributed by atoms with van der Waals surface area (Å²) in [7, 11) is 0. The van der Waals surface area contributed by atoms with Crippen molar-refractivity contribution in [1.29, 1.82) is 0 Å². The molecule has 4 heteroatoms. The normalized spacial score (nSPS) is 13.6. The second-order valence-electron chi connectivity index (χ2n) is 4.93. The van der Waals surface area contributed by atoms with Crippen molar-refractivity contribution in [3.63, 3.8) is 0 Å². The minimum Gasteiger partial charge on any atom is -0.480 e. The molecule has 2 atom stereocenters. The molecule has 0 saturated heterocycles. The molecule has 0 heterocycles. The van der Waals surface area contributed by atoms with Crippen molar-refractivity contribution in [2.24, 2.45) is 5.73 Å². The van der Waals surface area contributed by atoms with Gasteiger partial charge in [0.15, 0.2) is 0 Å². The van der Waals surface area contributed by atoms with Crippen LogP contribution in [0.4, 0.5) is 0 Å². The molecule has 0 fully saturated rings. The molecular weight excluding hydrogens is 266 g/mol. The third-order valence-electron chi connectivity index (χ3n) is 3.33. The number of carbonyl (C=O) groups is 1. The first-order valence-corrected chi connectivity index (χ1v) is 6.80. The van der Waals surface area contributed by atoms with Gasteiger partial charge in [0, 0.05) is 0 Å². The summed E-state index contributed by atoms with van der Waals surface area (Å²) in [6.45, 7) is 1.97. The van der Waals surface area contributed by atoms with Gasteiger partial charge in [-0.1, -0.05) is 54.6 Å². The molecule has 4 nitrogen and oxygen atoms in total. The molecule has 0 aliphatic carbocycles. The molecule has 0 spiro atoms. The molecule has 2 rings (SSSR count). The van der Waals surface area contributed by atoms with Crippen LogP contribution in [0.15, 0.2) is 54.6 Å². The Balaban J connectivity index is 2.28. The van der Waals surface area contributed by atoms with Crippen LogP contribution in [0.25, 0.3) is 0 Å². The summed E-state index contributed by atoms with van der Waals surface area (Å²) in [6.07, 6.45) is -0.321. The first kappa shape index (κ1) is 15.2. The summed E-state index contributed by atoms with van der Waals surface area (Å²) >= 11 is 0. The van der Waals surface area contributed by atoms with Gasteiger partial charge in [-0.15, -0.1) is 0 Å². The second-order valence-corrected chi connectivity index (χ2v) is 4.93. The highest BCUT2D eigenvalue weighted by Gasteiger charge is 2.20. The van der Waals surface area contributed by atoms with E-state index in [4.69, 9.17) is 15.6 Å². The van der Waals surface area contributed by atoms with E-state index >= 15 is 0 Å². The number of benzene rings is 2. The van der Waals surface area contributed by atoms with E-state index in [9.17, 15) is 4.79 Å². The number of aryl methyl sites for hydroxylation is 1. The van der Waals surface area contributed by atoms with Crippen LogP contribution >= 0.6 is 0 Å². The zero-order valence-electron chi connectivity index (χ0n) is 11.9. The Morgan fingerprint density at radius 1 is 1.14 bits per heavy atom. The number of carboxylic acid groups (broad SMARTS) is 1. The lowest BCUT2D eigenvalue weighted by atomic mass is 9.97. The Morgan fingerprint density at radius 3 is 2.38 bits per heavy atom. The molecule has 0 aliphatic heterocycles. The SMILES string of the molecule is Cc1ccccc1[C@H](OC[C@H](N)C(=O)O)c1ccccc1. The summed E-state index contributed by atoms with van der Waals surface area (Å²) < 4.78 is 5.81. The molecule has 110 valence electrons. The van der Waals surface area contributed by atoms with Gasteiger partial charge in [0.1, 0.15) is 12.1 Å². The van der Waals surface area contributed by atoms with Crippen LogP contribution < -0.4 is 5.73 Å². The number of ether oxygens (including phenoxy) is 1. The predicted octanol–water partition coefficient (Wildman–Crippen LogP) is 2.51. The van der Waals surface area contributed by atoms with Gasteiger partial charge in [0.25, 0.3) is 0 Å². The van der Waals surface area contributed by atoms with Gasteiger partial charge in [0.05, 0.1) is 6.61 Å². The summed E-state index contributed by atoms with van der Waals surface area (Å²) in [5.41, 5.74) is 8.62. The maximum Gasteiger partial charge on any atom is 0.322 e. The highest BCUT2D eigenvalue weighted by Crippen LogP contribution is 2.28. The molecule has 0 saturated carbocycles. The molecule has 0 radical (unpaired) electrons. The summed E-state index contributed by atoms with van der Waals surface area (Å²) in [5.74, 6) is -1.06.